The van der Waals surface area contributed by atoms with Crippen molar-refractivity contribution in [2.45, 2.75) is 31.3 Å². The van der Waals surface area contributed by atoms with E-state index in [1.54, 1.807) is 11.8 Å². The van der Waals surface area contributed by atoms with Crippen LogP contribution in [0.1, 0.15) is 20.8 Å². The van der Waals surface area contributed by atoms with Crippen molar-refractivity contribution in [1.82, 2.24) is 0 Å². The van der Waals surface area contributed by atoms with Gasteiger partial charge in [0.05, 0.1) is 11.3 Å². The van der Waals surface area contributed by atoms with Crippen LogP contribution in [-0.2, 0) is 9.53 Å². The van der Waals surface area contributed by atoms with Gasteiger partial charge in [0, 0.05) is 4.90 Å². The normalized spacial score (nSPS) is 11.3. The van der Waals surface area contributed by atoms with Crippen molar-refractivity contribution < 1.29 is 9.53 Å². The van der Waals surface area contributed by atoms with Crippen LogP contribution in [-0.4, -0.2) is 24.4 Å². The number of nitrogens with one attached hydrogen (secondary N) is 1. The summed E-state index contributed by atoms with van der Waals surface area (Å²) < 4.78 is 5.42. The molecule has 1 amide bonds. The molecule has 0 aliphatic carbocycles. The van der Waals surface area contributed by atoms with E-state index in [9.17, 15) is 4.79 Å². The van der Waals surface area contributed by atoms with Gasteiger partial charge < -0.3 is 10.1 Å². The lowest BCUT2D eigenvalue weighted by Crippen LogP contribution is -2.27. The average molecular weight is 253 g/mol. The van der Waals surface area contributed by atoms with Crippen molar-refractivity contribution in [1.29, 1.82) is 0 Å². The first-order valence-electron chi connectivity index (χ1n) is 5.49. The van der Waals surface area contributed by atoms with E-state index in [4.69, 9.17) is 4.74 Å². The zero-order valence-electron chi connectivity index (χ0n) is 10.7. The van der Waals surface area contributed by atoms with Crippen LogP contribution in [0.15, 0.2) is 29.2 Å². The fraction of sp³-hybridized carbons (Fsp3) is 0.462. The second-order valence-electron chi connectivity index (χ2n) is 4.65. The van der Waals surface area contributed by atoms with E-state index in [0.717, 1.165) is 10.6 Å². The van der Waals surface area contributed by atoms with E-state index >= 15 is 0 Å². The Balaban J connectivity index is 2.56. The van der Waals surface area contributed by atoms with Crippen molar-refractivity contribution in [3.63, 3.8) is 0 Å². The third kappa shape index (κ3) is 5.24. The first-order valence-corrected chi connectivity index (χ1v) is 6.71. The monoisotopic (exact) mass is 253 g/mol. The molecule has 0 saturated heterocycles. The van der Waals surface area contributed by atoms with Gasteiger partial charge in [0.1, 0.15) is 6.61 Å². The minimum atomic E-state index is -0.295. The second-order valence-corrected chi connectivity index (χ2v) is 5.50. The summed E-state index contributed by atoms with van der Waals surface area (Å²) in [5, 5.41) is 2.85. The molecule has 94 valence electrons. The lowest BCUT2D eigenvalue weighted by molar-refractivity contribution is -0.125. The van der Waals surface area contributed by atoms with Gasteiger partial charge in [-0.1, -0.05) is 12.1 Å². The Morgan fingerprint density at radius 2 is 2.00 bits per heavy atom. The number of ether oxygens (including phenoxy) is 1. The van der Waals surface area contributed by atoms with E-state index in [1.807, 2.05) is 51.3 Å². The molecule has 0 atom stereocenters. The molecule has 1 aromatic rings. The molecule has 0 aliphatic heterocycles. The highest BCUT2D eigenvalue weighted by Crippen LogP contribution is 2.24. The minimum Gasteiger partial charge on any atom is -0.366 e. The number of hydrogen-bond acceptors (Lipinski definition) is 3. The predicted octanol–water partition coefficient (Wildman–Crippen LogP) is 3.16. The third-order valence-corrected chi connectivity index (χ3v) is 2.81. The smallest absolute Gasteiger partial charge is 0.250 e. The lowest BCUT2D eigenvalue weighted by Gasteiger charge is -2.19. The second kappa shape index (κ2) is 6.07. The molecule has 0 fully saturated rings. The highest BCUT2D eigenvalue weighted by atomic mass is 32.2. The zero-order valence-corrected chi connectivity index (χ0v) is 11.6. The van der Waals surface area contributed by atoms with Gasteiger partial charge in [-0.3, -0.25) is 4.79 Å². The Hall–Kier alpha value is -1.00. The maximum Gasteiger partial charge on any atom is 0.250 e. The number of benzene rings is 1. The maximum absolute atomic E-state index is 11.7. The number of amides is 1. The summed E-state index contributed by atoms with van der Waals surface area (Å²) in [6.07, 6.45) is 1.98. The molecule has 0 aromatic heterocycles. The van der Waals surface area contributed by atoms with Crippen LogP contribution in [0.2, 0.25) is 0 Å². The molecule has 0 spiro atoms. The third-order valence-electron chi connectivity index (χ3n) is 2.02. The van der Waals surface area contributed by atoms with Crippen LogP contribution in [0.5, 0.6) is 0 Å². The molecule has 0 radical (unpaired) electrons. The standard InChI is InChI=1S/C13H19NO2S/c1-13(2,3)16-9-12(15)14-10-7-5-6-8-11(10)17-4/h5-8H,9H2,1-4H3,(H,14,15). The van der Waals surface area contributed by atoms with E-state index in [1.165, 1.54) is 0 Å². The summed E-state index contributed by atoms with van der Waals surface area (Å²) in [5.74, 6) is -0.124. The first-order chi connectivity index (χ1) is 7.92. The van der Waals surface area contributed by atoms with Crippen LogP contribution < -0.4 is 5.32 Å². The van der Waals surface area contributed by atoms with Gasteiger partial charge in [-0.25, -0.2) is 0 Å². The van der Waals surface area contributed by atoms with Gasteiger partial charge in [-0.2, -0.15) is 0 Å². The van der Waals surface area contributed by atoms with Crippen molar-refractivity contribution in [3.05, 3.63) is 24.3 Å². The fourth-order valence-electron chi connectivity index (χ4n) is 1.22. The molecule has 0 aliphatic rings. The van der Waals surface area contributed by atoms with Crippen molar-refractivity contribution >= 4 is 23.4 Å². The van der Waals surface area contributed by atoms with Gasteiger partial charge in [0.2, 0.25) is 5.91 Å². The van der Waals surface area contributed by atoms with E-state index in [2.05, 4.69) is 5.32 Å². The van der Waals surface area contributed by atoms with Crippen LogP contribution in [0.4, 0.5) is 5.69 Å². The van der Waals surface area contributed by atoms with Crippen molar-refractivity contribution in [3.8, 4) is 0 Å². The number of carbonyl (C=O) groups is 1. The molecule has 1 aromatic carbocycles. The van der Waals surface area contributed by atoms with Crippen LogP contribution in [0.3, 0.4) is 0 Å². The zero-order chi connectivity index (χ0) is 12.9. The van der Waals surface area contributed by atoms with Crippen molar-refractivity contribution in [2.75, 3.05) is 18.2 Å². The molecule has 0 unspecified atom stereocenters. The summed E-state index contributed by atoms with van der Waals surface area (Å²) in [6, 6.07) is 7.72. The first kappa shape index (κ1) is 14.1. The topological polar surface area (TPSA) is 38.3 Å². The summed E-state index contributed by atoms with van der Waals surface area (Å²) in [6.45, 7) is 5.86. The minimum absolute atomic E-state index is 0.0756. The Morgan fingerprint density at radius 1 is 1.35 bits per heavy atom. The van der Waals surface area contributed by atoms with Gasteiger partial charge in [-0.15, -0.1) is 11.8 Å². The van der Waals surface area contributed by atoms with E-state index in [-0.39, 0.29) is 18.1 Å². The van der Waals surface area contributed by atoms with Crippen molar-refractivity contribution in [2.24, 2.45) is 0 Å². The number of anilines is 1. The summed E-state index contributed by atoms with van der Waals surface area (Å²) in [5.41, 5.74) is 0.540. The van der Waals surface area contributed by atoms with E-state index < -0.39 is 0 Å². The molecular formula is C13H19NO2S. The number of thioether (sulfide) groups is 1. The summed E-state index contributed by atoms with van der Waals surface area (Å²) in [4.78, 5) is 12.7. The van der Waals surface area contributed by atoms with Crippen LogP contribution >= 0.6 is 11.8 Å². The quantitative estimate of drug-likeness (QED) is 0.838. The molecular weight excluding hydrogens is 234 g/mol. The highest BCUT2D eigenvalue weighted by Gasteiger charge is 2.13. The Kier molecular flexibility index (Phi) is 5.02. The molecule has 1 N–H and O–H groups in total. The molecule has 3 nitrogen and oxygen atoms in total. The lowest BCUT2D eigenvalue weighted by atomic mass is 10.2. The fourth-order valence-corrected chi connectivity index (χ4v) is 1.77. The average Bonchev–Trinajstić information content (AvgIpc) is 2.26. The molecule has 0 heterocycles. The predicted molar refractivity (Wildman–Crippen MR) is 72.6 cm³/mol. The summed E-state index contributed by atoms with van der Waals surface area (Å²) >= 11 is 1.61. The van der Waals surface area contributed by atoms with Gasteiger partial charge in [-0.05, 0) is 39.2 Å². The van der Waals surface area contributed by atoms with E-state index in [0.29, 0.717) is 0 Å². The SMILES string of the molecule is CSc1ccccc1NC(=O)COC(C)(C)C. The number of carbonyl (C=O) groups excluding carboxylic acids is 1. The molecule has 0 saturated carbocycles. The maximum atomic E-state index is 11.7. The Morgan fingerprint density at radius 3 is 2.59 bits per heavy atom. The number of rotatable bonds is 4. The van der Waals surface area contributed by atoms with Gasteiger partial charge in [0.25, 0.3) is 0 Å². The van der Waals surface area contributed by atoms with Gasteiger partial charge in [0.15, 0.2) is 0 Å². The number of hydrogen-bond donors (Lipinski definition) is 1. The largest absolute Gasteiger partial charge is 0.366 e. The Bertz CT molecular complexity index is 385. The summed E-state index contributed by atoms with van der Waals surface area (Å²) in [7, 11) is 0. The van der Waals surface area contributed by atoms with Crippen LogP contribution in [0, 0.1) is 0 Å². The molecule has 1 rings (SSSR count). The van der Waals surface area contributed by atoms with Gasteiger partial charge >= 0.3 is 0 Å². The molecule has 0 bridgehead atoms. The number of para-hydroxylation sites is 1. The molecule has 17 heavy (non-hydrogen) atoms. The van der Waals surface area contributed by atoms with Crippen LogP contribution in [0.25, 0.3) is 0 Å². The highest BCUT2D eigenvalue weighted by molar-refractivity contribution is 7.98. The molecule has 4 heteroatoms. The Labute approximate surface area is 107 Å².